The molecule has 0 saturated heterocycles. The Hall–Kier alpha value is -1.63. The third-order valence-electron chi connectivity index (χ3n) is 2.25. The monoisotopic (exact) mass is 186 g/mol. The maximum absolute atomic E-state index is 8.00. The molecule has 0 spiro atoms. The Bertz CT molecular complexity index is 375. The number of carbonyl (C=O) groups excluding carboxylic acids is 1. The van der Waals surface area contributed by atoms with E-state index in [2.05, 4.69) is 43.8 Å². The Kier molecular flexibility index (Phi) is 3.41. The van der Waals surface area contributed by atoms with Crippen molar-refractivity contribution in [2.24, 2.45) is 0 Å². The second-order valence-corrected chi connectivity index (χ2v) is 3.35. The first-order valence-corrected chi connectivity index (χ1v) is 4.50. The summed E-state index contributed by atoms with van der Waals surface area (Å²) in [6, 6.07) is 8.47. The van der Waals surface area contributed by atoms with E-state index in [4.69, 9.17) is 4.79 Å². The highest BCUT2D eigenvalue weighted by atomic mass is 16.1. The van der Waals surface area contributed by atoms with Crippen molar-refractivity contribution >= 4 is 12.4 Å². The van der Waals surface area contributed by atoms with Crippen LogP contribution in [0.25, 0.3) is 5.57 Å². The third kappa shape index (κ3) is 1.99. The Morgan fingerprint density at radius 3 is 2.57 bits per heavy atom. The second-order valence-electron chi connectivity index (χ2n) is 3.35. The summed E-state index contributed by atoms with van der Waals surface area (Å²) in [5.41, 5.74) is 5.26. The Labute approximate surface area is 84.8 Å². The molecule has 0 saturated carbocycles. The molecule has 14 heavy (non-hydrogen) atoms. The minimum atomic E-state index is 1.08. The molecular formula is C13H14O. The first-order chi connectivity index (χ1) is 6.77. The van der Waals surface area contributed by atoms with Crippen LogP contribution in [0.15, 0.2) is 42.5 Å². The van der Waals surface area contributed by atoms with Crippen LogP contribution in [0, 0.1) is 0 Å². The molecule has 72 valence electrons. The van der Waals surface area contributed by atoms with Gasteiger partial charge in [-0.1, -0.05) is 42.5 Å². The molecule has 0 N–H and O–H groups in total. The molecular weight excluding hydrogens is 172 g/mol. The zero-order valence-corrected chi connectivity index (χ0v) is 8.42. The molecule has 1 aliphatic carbocycles. The van der Waals surface area contributed by atoms with Crippen molar-refractivity contribution in [2.45, 2.75) is 13.3 Å². The van der Waals surface area contributed by atoms with Crippen molar-refractivity contribution in [1.82, 2.24) is 0 Å². The van der Waals surface area contributed by atoms with Gasteiger partial charge in [0.05, 0.1) is 0 Å². The van der Waals surface area contributed by atoms with Crippen molar-refractivity contribution in [3.63, 3.8) is 0 Å². The topological polar surface area (TPSA) is 17.1 Å². The highest BCUT2D eigenvalue weighted by Crippen LogP contribution is 2.27. The van der Waals surface area contributed by atoms with Gasteiger partial charge in [-0.25, -0.2) is 0 Å². The molecule has 0 bridgehead atoms. The minimum absolute atomic E-state index is 1.08. The molecule has 1 aromatic rings. The fraction of sp³-hybridized carbons (Fsp3) is 0.154. The van der Waals surface area contributed by atoms with E-state index in [1.165, 1.54) is 16.7 Å². The quantitative estimate of drug-likeness (QED) is 0.608. The number of carbonyl (C=O) groups is 1. The predicted molar refractivity (Wildman–Crippen MR) is 60.1 cm³/mol. The van der Waals surface area contributed by atoms with Crippen LogP contribution >= 0.6 is 0 Å². The number of fused-ring (bicyclic) bond motifs is 1. The van der Waals surface area contributed by atoms with Crippen LogP contribution in [-0.2, 0) is 11.2 Å². The summed E-state index contributed by atoms with van der Waals surface area (Å²) in [6.45, 7) is 8.18. The van der Waals surface area contributed by atoms with Crippen LogP contribution in [-0.4, -0.2) is 6.79 Å². The zero-order valence-electron chi connectivity index (χ0n) is 8.42. The van der Waals surface area contributed by atoms with E-state index in [1.54, 1.807) is 0 Å². The number of hydrogen-bond acceptors (Lipinski definition) is 1. The van der Waals surface area contributed by atoms with Gasteiger partial charge in [0, 0.05) is 0 Å². The Morgan fingerprint density at radius 2 is 1.86 bits per heavy atom. The van der Waals surface area contributed by atoms with Crippen molar-refractivity contribution in [2.75, 3.05) is 0 Å². The average molecular weight is 186 g/mol. The molecule has 0 aromatic heterocycles. The lowest BCUT2D eigenvalue weighted by molar-refractivity contribution is -0.0979. The molecule has 1 aromatic carbocycles. The van der Waals surface area contributed by atoms with Crippen LogP contribution in [0.3, 0.4) is 0 Å². The van der Waals surface area contributed by atoms with E-state index in [1.807, 2.05) is 6.79 Å². The number of allylic oxidation sites excluding steroid dienone is 3. The maximum atomic E-state index is 8.00. The van der Waals surface area contributed by atoms with Gasteiger partial charge in [-0.2, -0.15) is 0 Å². The molecule has 1 nitrogen and oxygen atoms in total. The van der Waals surface area contributed by atoms with Crippen molar-refractivity contribution in [1.29, 1.82) is 0 Å². The smallest absolute Gasteiger partial charge is 0.106 e. The maximum Gasteiger partial charge on any atom is 0.106 e. The summed E-state index contributed by atoms with van der Waals surface area (Å²) in [6.07, 6.45) is 3.25. The van der Waals surface area contributed by atoms with Crippen LogP contribution in [0.5, 0.6) is 0 Å². The number of benzene rings is 1. The van der Waals surface area contributed by atoms with Gasteiger partial charge in [0.15, 0.2) is 0 Å². The Morgan fingerprint density at radius 1 is 1.21 bits per heavy atom. The summed E-state index contributed by atoms with van der Waals surface area (Å²) in [5.74, 6) is 0. The number of hydrogen-bond donors (Lipinski definition) is 0. The molecule has 0 radical (unpaired) electrons. The third-order valence-corrected chi connectivity index (χ3v) is 2.25. The summed E-state index contributed by atoms with van der Waals surface area (Å²) in [7, 11) is 0. The second kappa shape index (κ2) is 4.56. The summed E-state index contributed by atoms with van der Waals surface area (Å²) < 4.78 is 0. The Balaban J connectivity index is 0.000000461. The van der Waals surface area contributed by atoms with Gasteiger partial charge in [-0.3, -0.25) is 0 Å². The molecule has 0 amide bonds. The van der Waals surface area contributed by atoms with Crippen molar-refractivity contribution in [3.05, 3.63) is 53.6 Å². The summed E-state index contributed by atoms with van der Waals surface area (Å²) >= 11 is 0. The minimum Gasteiger partial charge on any atom is -0.307 e. The summed E-state index contributed by atoms with van der Waals surface area (Å²) in [4.78, 5) is 8.00. The molecule has 0 heterocycles. The molecule has 2 rings (SSSR count). The van der Waals surface area contributed by atoms with Crippen LogP contribution in [0.2, 0.25) is 0 Å². The molecule has 0 aliphatic heterocycles. The van der Waals surface area contributed by atoms with E-state index in [9.17, 15) is 0 Å². The van der Waals surface area contributed by atoms with Crippen molar-refractivity contribution in [3.8, 4) is 0 Å². The fourth-order valence-electron chi connectivity index (χ4n) is 1.71. The molecule has 0 fully saturated rings. The van der Waals surface area contributed by atoms with Gasteiger partial charge in [0.25, 0.3) is 0 Å². The van der Waals surface area contributed by atoms with E-state index in [0.717, 1.165) is 12.0 Å². The van der Waals surface area contributed by atoms with Gasteiger partial charge in [-0.05, 0) is 30.0 Å². The lowest BCUT2D eigenvalue weighted by Crippen LogP contribution is -1.98. The molecule has 1 aliphatic rings. The first kappa shape index (κ1) is 10.5. The zero-order chi connectivity index (χ0) is 10.6. The van der Waals surface area contributed by atoms with Gasteiger partial charge in [0.2, 0.25) is 0 Å². The van der Waals surface area contributed by atoms with Gasteiger partial charge < -0.3 is 4.79 Å². The lowest BCUT2D eigenvalue weighted by Gasteiger charge is -2.15. The van der Waals surface area contributed by atoms with Gasteiger partial charge >= 0.3 is 0 Å². The lowest BCUT2D eigenvalue weighted by atomic mass is 9.90. The van der Waals surface area contributed by atoms with Crippen molar-refractivity contribution < 1.29 is 4.79 Å². The predicted octanol–water partition coefficient (Wildman–Crippen LogP) is 3.02. The van der Waals surface area contributed by atoms with Crippen LogP contribution < -0.4 is 0 Å². The molecule has 0 atom stereocenters. The summed E-state index contributed by atoms with van der Waals surface area (Å²) in [5, 5.41) is 0. The average Bonchev–Trinajstić information content (AvgIpc) is 2.20. The van der Waals surface area contributed by atoms with E-state index in [0.29, 0.717) is 0 Å². The normalized spacial score (nSPS) is 13.5. The van der Waals surface area contributed by atoms with Gasteiger partial charge in [0.1, 0.15) is 6.79 Å². The largest absolute Gasteiger partial charge is 0.307 e. The van der Waals surface area contributed by atoms with E-state index >= 15 is 0 Å². The van der Waals surface area contributed by atoms with Gasteiger partial charge in [-0.15, -0.1) is 0 Å². The highest BCUT2D eigenvalue weighted by Gasteiger charge is 2.09. The molecule has 0 unspecified atom stereocenters. The SMILES string of the molecule is C=C1C=C(C)Cc2ccccc21.C=O. The van der Waals surface area contributed by atoms with E-state index < -0.39 is 0 Å². The standard InChI is InChI=1S/C12H12.CH2O/c1-9-7-10(2)12-6-4-3-5-11(12)8-9;1-2/h3-7H,2,8H2,1H3;1H2. The van der Waals surface area contributed by atoms with Crippen LogP contribution in [0.4, 0.5) is 0 Å². The number of rotatable bonds is 0. The highest BCUT2D eigenvalue weighted by molar-refractivity contribution is 5.77. The first-order valence-electron chi connectivity index (χ1n) is 4.50. The fourth-order valence-corrected chi connectivity index (χ4v) is 1.71. The molecule has 1 heteroatoms. The van der Waals surface area contributed by atoms with E-state index in [-0.39, 0.29) is 0 Å². The van der Waals surface area contributed by atoms with Crippen LogP contribution in [0.1, 0.15) is 18.1 Å².